The number of nitrogens with zero attached hydrogens (tertiary/aromatic N) is 4. The van der Waals surface area contributed by atoms with E-state index >= 15 is 0 Å². The van der Waals surface area contributed by atoms with Crippen LogP contribution in [0.15, 0.2) is 35.5 Å². The van der Waals surface area contributed by atoms with Gasteiger partial charge in [0.2, 0.25) is 5.16 Å². The largest absolute Gasteiger partial charge is 0.491 e. The van der Waals surface area contributed by atoms with Gasteiger partial charge in [-0.3, -0.25) is 0 Å². The molecule has 0 aliphatic heterocycles. The topological polar surface area (TPSA) is 72.5 Å². The zero-order valence-corrected chi connectivity index (χ0v) is 14.7. The molecular formula is C17H20N4O2S. The van der Waals surface area contributed by atoms with Gasteiger partial charge in [0.25, 0.3) is 5.78 Å². The third kappa shape index (κ3) is 3.85. The van der Waals surface area contributed by atoms with Crippen molar-refractivity contribution in [3.8, 4) is 5.75 Å². The number of hydrogen-bond donors (Lipinski definition) is 1. The maximum absolute atomic E-state index is 10.1. The third-order valence-electron chi connectivity index (χ3n) is 3.53. The molecule has 0 aliphatic rings. The maximum atomic E-state index is 10.1. The van der Waals surface area contributed by atoms with Crippen LogP contribution in [-0.2, 0) is 0 Å². The Balaban J connectivity index is 1.57. The molecule has 24 heavy (non-hydrogen) atoms. The summed E-state index contributed by atoms with van der Waals surface area (Å²) in [5.74, 6) is 1.84. The fraction of sp³-hybridized carbons (Fsp3) is 0.353. The van der Waals surface area contributed by atoms with Crippen LogP contribution < -0.4 is 4.74 Å². The van der Waals surface area contributed by atoms with Gasteiger partial charge >= 0.3 is 0 Å². The summed E-state index contributed by atoms with van der Waals surface area (Å²) in [6.45, 7) is 6.12. The summed E-state index contributed by atoms with van der Waals surface area (Å²) in [6.07, 6.45) is -0.600. The van der Waals surface area contributed by atoms with Crippen LogP contribution in [0, 0.1) is 20.8 Å². The molecule has 7 heteroatoms. The Morgan fingerprint density at radius 2 is 2.00 bits per heavy atom. The van der Waals surface area contributed by atoms with Crippen molar-refractivity contribution >= 4 is 17.5 Å². The minimum atomic E-state index is -0.600. The monoisotopic (exact) mass is 344 g/mol. The molecule has 0 bridgehead atoms. The molecule has 1 N–H and O–H groups in total. The number of hydrogen-bond acceptors (Lipinski definition) is 6. The molecule has 3 aromatic rings. The zero-order chi connectivity index (χ0) is 17.1. The van der Waals surface area contributed by atoms with Crippen LogP contribution in [0.5, 0.6) is 5.75 Å². The molecule has 2 aromatic heterocycles. The molecule has 0 aliphatic carbocycles. The minimum Gasteiger partial charge on any atom is -0.491 e. The second kappa shape index (κ2) is 7.19. The smallest absolute Gasteiger partial charge is 0.253 e. The van der Waals surface area contributed by atoms with Crippen molar-refractivity contribution in [1.82, 2.24) is 19.6 Å². The SMILES string of the molecule is Cc1cc(C)n2nc(SC[C@H](O)COc3ccccc3C)nc2n1. The quantitative estimate of drug-likeness (QED) is 0.693. The number of aromatic nitrogens is 4. The summed E-state index contributed by atoms with van der Waals surface area (Å²) in [4.78, 5) is 8.75. The third-order valence-corrected chi connectivity index (χ3v) is 4.51. The van der Waals surface area contributed by atoms with Crippen LogP contribution in [0.2, 0.25) is 0 Å². The van der Waals surface area contributed by atoms with Crippen molar-refractivity contribution in [1.29, 1.82) is 0 Å². The van der Waals surface area contributed by atoms with Gasteiger partial charge in [0.05, 0.1) is 6.10 Å². The van der Waals surface area contributed by atoms with E-state index in [2.05, 4.69) is 15.1 Å². The highest BCUT2D eigenvalue weighted by Gasteiger charge is 2.12. The predicted molar refractivity (Wildman–Crippen MR) is 93.7 cm³/mol. The van der Waals surface area contributed by atoms with E-state index in [1.54, 1.807) is 4.52 Å². The molecule has 0 fully saturated rings. The van der Waals surface area contributed by atoms with Crippen LogP contribution in [0.25, 0.3) is 5.78 Å². The van der Waals surface area contributed by atoms with E-state index in [4.69, 9.17) is 4.74 Å². The first-order valence-electron chi connectivity index (χ1n) is 7.73. The number of fused-ring (bicyclic) bond motifs is 1. The average Bonchev–Trinajstić information content (AvgIpc) is 2.95. The number of para-hydroxylation sites is 1. The minimum absolute atomic E-state index is 0.238. The van der Waals surface area contributed by atoms with Gasteiger partial charge in [0, 0.05) is 17.1 Å². The van der Waals surface area contributed by atoms with Crippen LogP contribution in [0.4, 0.5) is 0 Å². The summed E-state index contributed by atoms with van der Waals surface area (Å²) in [6, 6.07) is 9.72. The van der Waals surface area contributed by atoms with E-state index in [0.29, 0.717) is 16.7 Å². The van der Waals surface area contributed by atoms with Crippen molar-refractivity contribution < 1.29 is 9.84 Å². The Morgan fingerprint density at radius 1 is 1.21 bits per heavy atom. The number of ether oxygens (including phenoxy) is 1. The van der Waals surface area contributed by atoms with Gasteiger partial charge < -0.3 is 9.84 Å². The lowest BCUT2D eigenvalue weighted by molar-refractivity contribution is 0.126. The first-order valence-corrected chi connectivity index (χ1v) is 8.72. The zero-order valence-electron chi connectivity index (χ0n) is 13.9. The van der Waals surface area contributed by atoms with E-state index in [1.807, 2.05) is 51.1 Å². The van der Waals surface area contributed by atoms with E-state index in [1.165, 1.54) is 11.8 Å². The summed E-state index contributed by atoms with van der Waals surface area (Å²) in [5.41, 5.74) is 2.95. The van der Waals surface area contributed by atoms with Crippen LogP contribution >= 0.6 is 11.8 Å². The molecule has 2 heterocycles. The van der Waals surface area contributed by atoms with Gasteiger partial charge in [0.15, 0.2) is 0 Å². The number of aliphatic hydroxyl groups is 1. The lowest BCUT2D eigenvalue weighted by Crippen LogP contribution is -2.20. The van der Waals surface area contributed by atoms with Crippen molar-refractivity contribution in [3.63, 3.8) is 0 Å². The molecule has 3 rings (SSSR count). The number of aliphatic hydroxyl groups excluding tert-OH is 1. The van der Waals surface area contributed by atoms with Crippen LogP contribution in [-0.4, -0.2) is 43.2 Å². The Kier molecular flexibility index (Phi) is 5.01. The molecule has 6 nitrogen and oxygen atoms in total. The Labute approximate surface area is 144 Å². The van der Waals surface area contributed by atoms with Crippen LogP contribution in [0.1, 0.15) is 17.0 Å². The maximum Gasteiger partial charge on any atom is 0.253 e. The number of rotatable bonds is 6. The van der Waals surface area contributed by atoms with Gasteiger partial charge in [-0.25, -0.2) is 9.50 Å². The first kappa shape index (κ1) is 16.7. The van der Waals surface area contributed by atoms with Gasteiger partial charge in [-0.05, 0) is 38.5 Å². The highest BCUT2D eigenvalue weighted by Crippen LogP contribution is 2.19. The van der Waals surface area contributed by atoms with Crippen molar-refractivity contribution in [3.05, 3.63) is 47.3 Å². The standard InChI is InChI=1S/C17H20N4O2S/c1-11-6-4-5-7-15(11)23-9-14(22)10-24-17-19-16-18-12(2)8-13(3)21(16)20-17/h4-8,14,22H,9-10H2,1-3H3/t14-/m1/s1. The van der Waals surface area contributed by atoms with E-state index in [9.17, 15) is 5.11 Å². The van der Waals surface area contributed by atoms with Crippen molar-refractivity contribution in [2.75, 3.05) is 12.4 Å². The molecule has 1 aromatic carbocycles. The Morgan fingerprint density at radius 3 is 2.79 bits per heavy atom. The summed E-state index contributed by atoms with van der Waals surface area (Å²) < 4.78 is 7.37. The number of aryl methyl sites for hydroxylation is 3. The average molecular weight is 344 g/mol. The number of thioether (sulfide) groups is 1. The molecule has 0 spiro atoms. The van der Waals surface area contributed by atoms with Crippen molar-refractivity contribution in [2.24, 2.45) is 0 Å². The highest BCUT2D eigenvalue weighted by atomic mass is 32.2. The van der Waals surface area contributed by atoms with E-state index < -0.39 is 6.10 Å². The molecule has 0 saturated carbocycles. The lowest BCUT2D eigenvalue weighted by atomic mass is 10.2. The number of benzene rings is 1. The van der Waals surface area contributed by atoms with Gasteiger partial charge in [0.1, 0.15) is 12.4 Å². The molecular weight excluding hydrogens is 324 g/mol. The van der Waals surface area contributed by atoms with Gasteiger partial charge in [-0.15, -0.1) is 5.10 Å². The fourth-order valence-electron chi connectivity index (χ4n) is 2.33. The van der Waals surface area contributed by atoms with Gasteiger partial charge in [-0.2, -0.15) is 4.98 Å². The molecule has 126 valence electrons. The fourth-order valence-corrected chi connectivity index (χ4v) is 3.06. The highest BCUT2D eigenvalue weighted by molar-refractivity contribution is 7.99. The van der Waals surface area contributed by atoms with E-state index in [0.717, 1.165) is 22.7 Å². The molecule has 0 unspecified atom stereocenters. The Hall–Kier alpha value is -2.12. The molecule has 1 atom stereocenters. The van der Waals surface area contributed by atoms with Crippen LogP contribution in [0.3, 0.4) is 0 Å². The summed E-state index contributed by atoms with van der Waals surface area (Å²) in [7, 11) is 0. The summed E-state index contributed by atoms with van der Waals surface area (Å²) in [5, 5.41) is 15.1. The first-order chi connectivity index (χ1) is 11.5. The molecule has 0 saturated heterocycles. The van der Waals surface area contributed by atoms with Gasteiger partial charge in [-0.1, -0.05) is 30.0 Å². The predicted octanol–water partition coefficient (Wildman–Crippen LogP) is 2.58. The summed E-state index contributed by atoms with van der Waals surface area (Å²) >= 11 is 1.40. The van der Waals surface area contributed by atoms with Crippen molar-refractivity contribution in [2.45, 2.75) is 32.0 Å². The Bertz CT molecular complexity index is 850. The molecule has 0 radical (unpaired) electrons. The van der Waals surface area contributed by atoms with E-state index in [-0.39, 0.29) is 6.61 Å². The second-order valence-electron chi connectivity index (χ2n) is 5.69. The molecule has 0 amide bonds. The lowest BCUT2D eigenvalue weighted by Gasteiger charge is -2.12. The normalized spacial score (nSPS) is 12.5. The second-order valence-corrected chi connectivity index (χ2v) is 6.67.